The Hall–Kier alpha value is -3.67. The number of aryl methyl sites for hydroxylation is 3. The van der Waals surface area contributed by atoms with Crippen LogP contribution in [0.1, 0.15) is 29.8 Å². The van der Waals surface area contributed by atoms with Gasteiger partial charge in [0.2, 0.25) is 5.89 Å². The quantitative estimate of drug-likeness (QED) is 0.446. The van der Waals surface area contributed by atoms with Crippen LogP contribution >= 0.6 is 0 Å². The van der Waals surface area contributed by atoms with Gasteiger partial charge < -0.3 is 4.42 Å². The average Bonchev–Trinajstić information content (AvgIpc) is 3.31. The zero-order valence-electron chi connectivity index (χ0n) is 17.2. The van der Waals surface area contributed by atoms with Crippen LogP contribution in [0.15, 0.2) is 63.8 Å². The van der Waals surface area contributed by atoms with Crippen LogP contribution in [0, 0.1) is 13.8 Å². The van der Waals surface area contributed by atoms with E-state index in [1.807, 2.05) is 54.6 Å². The lowest BCUT2D eigenvalue weighted by molar-refractivity contribution is 0.532. The molecule has 150 valence electrons. The van der Waals surface area contributed by atoms with Crippen molar-refractivity contribution in [1.29, 1.82) is 0 Å². The summed E-state index contributed by atoms with van der Waals surface area (Å²) in [7, 11) is 0. The molecule has 2 aromatic carbocycles. The van der Waals surface area contributed by atoms with E-state index in [2.05, 4.69) is 35.2 Å². The number of aromatic nitrogens is 4. The van der Waals surface area contributed by atoms with Crippen molar-refractivity contribution in [2.24, 2.45) is 0 Å². The highest BCUT2D eigenvalue weighted by Crippen LogP contribution is 2.23. The number of nitrogens with zero attached hydrogens (tertiary/aromatic N) is 4. The summed E-state index contributed by atoms with van der Waals surface area (Å²) >= 11 is 0. The molecule has 0 spiro atoms. The highest BCUT2D eigenvalue weighted by molar-refractivity contribution is 5.87. The molecule has 0 aliphatic rings. The Morgan fingerprint density at radius 1 is 1.00 bits per heavy atom. The molecule has 0 aliphatic carbocycles. The highest BCUT2D eigenvalue weighted by Gasteiger charge is 2.17. The normalized spacial score (nSPS) is 11.6. The Bertz CT molecular complexity index is 1440. The van der Waals surface area contributed by atoms with Crippen LogP contribution in [-0.4, -0.2) is 19.2 Å². The first-order chi connectivity index (χ1) is 14.5. The fourth-order valence-corrected chi connectivity index (χ4v) is 3.89. The van der Waals surface area contributed by atoms with Gasteiger partial charge in [0, 0.05) is 17.4 Å². The highest BCUT2D eigenvalue weighted by atomic mass is 16.4. The predicted molar refractivity (Wildman–Crippen MR) is 117 cm³/mol. The molecule has 0 fully saturated rings. The van der Waals surface area contributed by atoms with Gasteiger partial charge in [0.15, 0.2) is 0 Å². The molecule has 6 heteroatoms. The molecule has 0 saturated heterocycles. The topological polar surface area (TPSA) is 65.3 Å². The van der Waals surface area contributed by atoms with E-state index in [0.717, 1.165) is 27.9 Å². The van der Waals surface area contributed by atoms with Gasteiger partial charge in [-0.05, 0) is 44.2 Å². The maximum Gasteiger partial charge on any atom is 0.291 e. The average molecular weight is 398 g/mol. The van der Waals surface area contributed by atoms with Crippen LogP contribution in [0.3, 0.4) is 0 Å². The number of rotatable bonds is 4. The fraction of sp³-hybridized carbons (Fsp3) is 0.208. The summed E-state index contributed by atoms with van der Waals surface area (Å²) in [5, 5.41) is 5.71. The van der Waals surface area contributed by atoms with E-state index in [1.54, 1.807) is 0 Å². The first-order valence-corrected chi connectivity index (χ1v) is 10.1. The van der Waals surface area contributed by atoms with E-state index >= 15 is 0 Å². The molecule has 6 nitrogen and oxygen atoms in total. The van der Waals surface area contributed by atoms with Gasteiger partial charge in [0.05, 0.1) is 12.1 Å². The minimum atomic E-state index is -0.135. The summed E-state index contributed by atoms with van der Waals surface area (Å²) in [4.78, 5) is 17.9. The summed E-state index contributed by atoms with van der Waals surface area (Å²) < 4.78 is 9.33. The smallest absolute Gasteiger partial charge is 0.291 e. The third-order valence-corrected chi connectivity index (χ3v) is 5.43. The van der Waals surface area contributed by atoms with Crippen molar-refractivity contribution in [3.8, 4) is 11.5 Å². The van der Waals surface area contributed by atoms with Crippen LogP contribution in [-0.2, 0) is 13.0 Å². The number of fused-ring (bicyclic) bond motifs is 3. The second-order valence-corrected chi connectivity index (χ2v) is 7.55. The van der Waals surface area contributed by atoms with Crippen molar-refractivity contribution in [3.63, 3.8) is 0 Å². The molecule has 0 saturated carbocycles. The number of hydrogen-bond acceptors (Lipinski definition) is 4. The summed E-state index contributed by atoms with van der Waals surface area (Å²) in [6, 6.07) is 17.9. The minimum absolute atomic E-state index is 0.135. The molecule has 0 aliphatic heterocycles. The van der Waals surface area contributed by atoms with Crippen molar-refractivity contribution in [3.05, 3.63) is 87.8 Å². The molecule has 0 radical (unpaired) electrons. The number of benzene rings is 2. The van der Waals surface area contributed by atoms with Crippen molar-refractivity contribution >= 4 is 16.4 Å². The van der Waals surface area contributed by atoms with Crippen molar-refractivity contribution < 1.29 is 4.42 Å². The van der Waals surface area contributed by atoms with Crippen LogP contribution < -0.4 is 5.56 Å². The fourth-order valence-electron chi connectivity index (χ4n) is 3.89. The van der Waals surface area contributed by atoms with Crippen molar-refractivity contribution in [2.75, 3.05) is 0 Å². The summed E-state index contributed by atoms with van der Waals surface area (Å²) in [6.45, 7) is 6.24. The molecule has 0 bridgehead atoms. The Morgan fingerprint density at radius 3 is 2.57 bits per heavy atom. The molecule has 5 aromatic rings. The van der Waals surface area contributed by atoms with E-state index in [4.69, 9.17) is 4.42 Å². The van der Waals surface area contributed by atoms with E-state index in [9.17, 15) is 4.79 Å². The number of hydrogen-bond donors (Lipinski definition) is 0. The largest absolute Gasteiger partial charge is 0.441 e. The zero-order valence-corrected chi connectivity index (χ0v) is 17.2. The van der Waals surface area contributed by atoms with Gasteiger partial charge in [0.25, 0.3) is 5.56 Å². The molecule has 5 rings (SSSR count). The van der Waals surface area contributed by atoms with E-state index in [1.165, 1.54) is 4.68 Å². The lowest BCUT2D eigenvalue weighted by Crippen LogP contribution is -2.27. The second-order valence-electron chi connectivity index (χ2n) is 7.55. The first-order valence-electron chi connectivity index (χ1n) is 10.1. The summed E-state index contributed by atoms with van der Waals surface area (Å²) in [6.07, 6.45) is 0.710. The monoisotopic (exact) mass is 398 g/mol. The zero-order chi connectivity index (χ0) is 20.8. The Morgan fingerprint density at radius 2 is 1.80 bits per heavy atom. The molecule has 0 N–H and O–H groups in total. The SMILES string of the molecule is CCc1nn(Cc2nc(-c3ccccc3)oc2C)c(=O)c2cc3cc(C)ccc3n12. The maximum atomic E-state index is 13.3. The molecule has 0 unspecified atom stereocenters. The minimum Gasteiger partial charge on any atom is -0.441 e. The van der Waals surface area contributed by atoms with Gasteiger partial charge in [-0.3, -0.25) is 9.20 Å². The van der Waals surface area contributed by atoms with Crippen molar-refractivity contribution in [2.45, 2.75) is 33.7 Å². The van der Waals surface area contributed by atoms with E-state index < -0.39 is 0 Å². The van der Waals surface area contributed by atoms with Gasteiger partial charge >= 0.3 is 0 Å². The van der Waals surface area contributed by atoms with Crippen LogP contribution in [0.4, 0.5) is 0 Å². The molecule has 0 atom stereocenters. The van der Waals surface area contributed by atoms with E-state index in [0.29, 0.717) is 29.3 Å². The van der Waals surface area contributed by atoms with Crippen LogP contribution in [0.5, 0.6) is 0 Å². The Labute approximate surface area is 173 Å². The third-order valence-electron chi connectivity index (χ3n) is 5.43. The molecule has 3 aromatic heterocycles. The van der Waals surface area contributed by atoms with Gasteiger partial charge in [0.1, 0.15) is 22.8 Å². The molecule has 30 heavy (non-hydrogen) atoms. The standard InChI is InChI=1S/C24H22N4O2/c1-4-22-26-27(14-19-16(3)30-23(25-19)17-8-6-5-7-9-17)24(29)21-13-18-12-15(2)10-11-20(18)28(21)22/h5-13H,4,14H2,1-3H3. The van der Waals surface area contributed by atoms with Crippen LogP contribution in [0.2, 0.25) is 0 Å². The molecular formula is C24H22N4O2. The first kappa shape index (κ1) is 18.4. The van der Waals surface area contributed by atoms with Gasteiger partial charge in [-0.15, -0.1) is 0 Å². The Kier molecular flexibility index (Phi) is 4.28. The molecule has 0 amide bonds. The molecular weight excluding hydrogens is 376 g/mol. The lowest BCUT2D eigenvalue weighted by atomic mass is 10.2. The lowest BCUT2D eigenvalue weighted by Gasteiger charge is -2.09. The van der Waals surface area contributed by atoms with E-state index in [-0.39, 0.29) is 12.1 Å². The molecule has 3 heterocycles. The summed E-state index contributed by atoms with van der Waals surface area (Å²) in [5.74, 6) is 2.08. The number of oxazole rings is 1. The summed E-state index contributed by atoms with van der Waals surface area (Å²) in [5.41, 5.74) is 4.29. The van der Waals surface area contributed by atoms with Gasteiger partial charge in [-0.1, -0.05) is 36.8 Å². The van der Waals surface area contributed by atoms with Gasteiger partial charge in [-0.25, -0.2) is 9.67 Å². The third kappa shape index (κ3) is 2.92. The Balaban J connectivity index is 1.64. The van der Waals surface area contributed by atoms with Gasteiger partial charge in [-0.2, -0.15) is 5.10 Å². The van der Waals surface area contributed by atoms with Crippen LogP contribution in [0.25, 0.3) is 27.9 Å². The maximum absolute atomic E-state index is 13.3. The second kappa shape index (κ2) is 6.99. The predicted octanol–water partition coefficient (Wildman–Crippen LogP) is 4.53. The van der Waals surface area contributed by atoms with Crippen molar-refractivity contribution in [1.82, 2.24) is 19.2 Å².